The Bertz CT molecular complexity index is 1150. The molecule has 0 spiro atoms. The molecule has 3 aromatic carbocycles. The summed E-state index contributed by atoms with van der Waals surface area (Å²) in [6.45, 7) is 1.71. The number of aromatic amines is 1. The van der Waals surface area contributed by atoms with E-state index in [0.717, 1.165) is 27.7 Å². The molecule has 1 amide bonds. The van der Waals surface area contributed by atoms with Crippen molar-refractivity contribution < 1.29 is 9.53 Å². The number of H-pyrrole nitrogens is 1. The topological polar surface area (TPSA) is 70.2 Å². The van der Waals surface area contributed by atoms with Crippen molar-refractivity contribution in [2.45, 2.75) is 13.0 Å². The smallest absolute Gasteiger partial charge is 0.266 e. The van der Waals surface area contributed by atoms with Crippen LogP contribution >= 0.6 is 0 Å². The Labute approximate surface area is 175 Å². The number of ether oxygens (including phenoxy) is 1. The van der Waals surface area contributed by atoms with E-state index in [1.165, 1.54) is 0 Å². The van der Waals surface area contributed by atoms with Crippen molar-refractivity contribution in [2.75, 3.05) is 24.3 Å². The Balaban J connectivity index is 1.50. The van der Waals surface area contributed by atoms with Crippen molar-refractivity contribution >= 4 is 28.3 Å². The first-order chi connectivity index (χ1) is 14.5. The lowest BCUT2D eigenvalue weighted by Gasteiger charge is -2.14. The lowest BCUT2D eigenvalue weighted by atomic mass is 10.0. The van der Waals surface area contributed by atoms with E-state index in [-0.39, 0.29) is 5.91 Å². The number of fused-ring (bicyclic) bond motifs is 1. The number of carbonyl (C=O) groups excluding carboxylic acids is 1. The molecule has 6 heteroatoms. The van der Waals surface area contributed by atoms with Gasteiger partial charge in [0.25, 0.3) is 5.91 Å². The summed E-state index contributed by atoms with van der Waals surface area (Å²) in [7, 11) is 4.04. The van der Waals surface area contributed by atoms with E-state index in [4.69, 9.17) is 4.74 Å². The molecule has 1 unspecified atom stereocenters. The van der Waals surface area contributed by atoms with Crippen LogP contribution in [0.1, 0.15) is 6.92 Å². The van der Waals surface area contributed by atoms with Gasteiger partial charge < -0.3 is 15.0 Å². The van der Waals surface area contributed by atoms with E-state index < -0.39 is 6.10 Å². The number of amides is 1. The summed E-state index contributed by atoms with van der Waals surface area (Å²) >= 11 is 0. The lowest BCUT2D eigenvalue weighted by molar-refractivity contribution is -0.122. The number of aromatic nitrogens is 2. The van der Waals surface area contributed by atoms with E-state index in [0.29, 0.717) is 11.6 Å². The molecule has 4 rings (SSSR count). The number of nitrogens with one attached hydrogen (secondary N) is 2. The number of anilines is 2. The number of rotatable bonds is 6. The first kappa shape index (κ1) is 19.5. The highest BCUT2D eigenvalue weighted by Crippen LogP contribution is 2.28. The van der Waals surface area contributed by atoms with Crippen LogP contribution in [-0.4, -0.2) is 36.3 Å². The van der Waals surface area contributed by atoms with Crippen LogP contribution in [0.2, 0.25) is 0 Å². The highest BCUT2D eigenvalue weighted by Gasteiger charge is 2.17. The molecule has 0 fully saturated rings. The molecule has 0 radical (unpaired) electrons. The fraction of sp³-hybridized carbons (Fsp3) is 0.167. The summed E-state index contributed by atoms with van der Waals surface area (Å²) in [5.41, 5.74) is 4.21. The summed E-state index contributed by atoms with van der Waals surface area (Å²) in [6, 6.07) is 23.7. The van der Waals surface area contributed by atoms with Gasteiger partial charge >= 0.3 is 0 Å². The second-order valence-electron chi connectivity index (χ2n) is 7.34. The first-order valence-corrected chi connectivity index (χ1v) is 9.80. The first-order valence-electron chi connectivity index (χ1n) is 9.80. The minimum atomic E-state index is -0.645. The summed E-state index contributed by atoms with van der Waals surface area (Å²) in [5, 5.41) is 11.0. The van der Waals surface area contributed by atoms with Crippen LogP contribution in [0.25, 0.3) is 22.0 Å². The molecular weight excluding hydrogens is 376 g/mol. The summed E-state index contributed by atoms with van der Waals surface area (Å²) in [6.07, 6.45) is -0.645. The molecule has 6 nitrogen and oxygen atoms in total. The second-order valence-corrected chi connectivity index (χ2v) is 7.34. The highest BCUT2D eigenvalue weighted by atomic mass is 16.5. The maximum absolute atomic E-state index is 12.5. The lowest BCUT2D eigenvalue weighted by Crippen LogP contribution is -2.30. The van der Waals surface area contributed by atoms with Gasteiger partial charge in [0.15, 0.2) is 11.9 Å². The van der Waals surface area contributed by atoms with Crippen LogP contribution in [0.4, 0.5) is 11.5 Å². The molecular formula is C24H24N4O2. The van der Waals surface area contributed by atoms with Gasteiger partial charge in [-0.2, -0.15) is 5.10 Å². The van der Waals surface area contributed by atoms with Gasteiger partial charge in [-0.25, -0.2) is 0 Å². The van der Waals surface area contributed by atoms with Crippen molar-refractivity contribution in [1.29, 1.82) is 0 Å². The number of hydrogen-bond donors (Lipinski definition) is 2. The molecule has 4 aromatic rings. The van der Waals surface area contributed by atoms with Crippen molar-refractivity contribution in [3.63, 3.8) is 0 Å². The predicted octanol–water partition coefficient (Wildman–Crippen LogP) is 4.70. The summed E-state index contributed by atoms with van der Waals surface area (Å²) in [5.74, 6) is 0.889. The fourth-order valence-corrected chi connectivity index (χ4v) is 3.22. The van der Waals surface area contributed by atoms with Crippen molar-refractivity contribution in [1.82, 2.24) is 10.2 Å². The Morgan fingerprint density at radius 1 is 1.00 bits per heavy atom. The number of benzene rings is 3. The standard InChI is InChI=1S/C24H24N4O2/c1-16(30-20-7-5-4-6-8-20)24(29)25-23-21-14-11-18(15-22(21)26-27-23)17-9-12-19(13-10-17)28(2)3/h4-16H,1-3H3,(H2,25,26,27,29). The molecule has 0 aliphatic carbocycles. The van der Waals surface area contributed by atoms with Crippen LogP contribution in [0.5, 0.6) is 5.75 Å². The van der Waals surface area contributed by atoms with Crippen molar-refractivity contribution in [2.24, 2.45) is 0 Å². The Hall–Kier alpha value is -3.80. The SMILES string of the molecule is CC(Oc1ccccc1)C(=O)Nc1n[nH]c2cc(-c3ccc(N(C)C)cc3)ccc12. The van der Waals surface area contributed by atoms with E-state index >= 15 is 0 Å². The number of para-hydroxylation sites is 1. The Morgan fingerprint density at radius 2 is 1.70 bits per heavy atom. The summed E-state index contributed by atoms with van der Waals surface area (Å²) in [4.78, 5) is 14.6. The van der Waals surface area contributed by atoms with Gasteiger partial charge in [-0.1, -0.05) is 36.4 Å². The van der Waals surface area contributed by atoms with Crippen LogP contribution in [-0.2, 0) is 4.79 Å². The van der Waals surface area contributed by atoms with Crippen molar-refractivity contribution in [3.05, 3.63) is 72.8 Å². The maximum atomic E-state index is 12.5. The van der Waals surface area contributed by atoms with E-state index in [1.807, 2.05) is 62.6 Å². The average Bonchev–Trinajstić information content (AvgIpc) is 3.16. The molecule has 152 valence electrons. The molecule has 0 saturated heterocycles. The minimum Gasteiger partial charge on any atom is -0.481 e. The molecule has 0 saturated carbocycles. The molecule has 1 aromatic heterocycles. The highest BCUT2D eigenvalue weighted by molar-refractivity contribution is 6.02. The van der Waals surface area contributed by atoms with Gasteiger partial charge in [-0.3, -0.25) is 9.89 Å². The molecule has 0 aliphatic heterocycles. The molecule has 2 N–H and O–H groups in total. The van der Waals surface area contributed by atoms with Gasteiger partial charge in [-0.15, -0.1) is 0 Å². The number of hydrogen-bond acceptors (Lipinski definition) is 4. The van der Waals surface area contributed by atoms with Crippen LogP contribution < -0.4 is 15.0 Å². The zero-order valence-electron chi connectivity index (χ0n) is 17.2. The largest absolute Gasteiger partial charge is 0.481 e. The number of nitrogens with zero attached hydrogens (tertiary/aromatic N) is 2. The maximum Gasteiger partial charge on any atom is 0.266 e. The Kier molecular flexibility index (Phi) is 5.39. The summed E-state index contributed by atoms with van der Waals surface area (Å²) < 4.78 is 5.69. The molecule has 0 aliphatic rings. The zero-order valence-corrected chi connectivity index (χ0v) is 17.2. The van der Waals surface area contributed by atoms with Crippen LogP contribution in [0.3, 0.4) is 0 Å². The van der Waals surface area contributed by atoms with Gasteiger partial charge in [0.05, 0.1) is 5.52 Å². The van der Waals surface area contributed by atoms with Gasteiger partial charge in [0.1, 0.15) is 5.75 Å². The molecule has 0 bridgehead atoms. The minimum absolute atomic E-state index is 0.254. The third kappa shape index (κ3) is 4.12. The molecule has 1 heterocycles. The Morgan fingerprint density at radius 3 is 2.40 bits per heavy atom. The second kappa shape index (κ2) is 8.29. The van der Waals surface area contributed by atoms with E-state index in [9.17, 15) is 4.79 Å². The monoisotopic (exact) mass is 400 g/mol. The van der Waals surface area contributed by atoms with Gasteiger partial charge in [0.2, 0.25) is 0 Å². The van der Waals surface area contributed by atoms with Crippen molar-refractivity contribution in [3.8, 4) is 16.9 Å². The third-order valence-electron chi connectivity index (χ3n) is 4.95. The zero-order chi connectivity index (χ0) is 21.1. The van der Waals surface area contributed by atoms with Crippen LogP contribution in [0.15, 0.2) is 72.8 Å². The normalized spacial score (nSPS) is 11.8. The predicted molar refractivity (Wildman–Crippen MR) is 121 cm³/mol. The quantitative estimate of drug-likeness (QED) is 0.492. The molecule has 1 atom stereocenters. The van der Waals surface area contributed by atoms with E-state index in [1.54, 1.807) is 6.92 Å². The number of carbonyl (C=O) groups is 1. The van der Waals surface area contributed by atoms with Gasteiger partial charge in [0, 0.05) is 25.2 Å². The van der Waals surface area contributed by atoms with Gasteiger partial charge in [-0.05, 0) is 54.4 Å². The fourth-order valence-electron chi connectivity index (χ4n) is 3.22. The third-order valence-corrected chi connectivity index (χ3v) is 4.95. The average molecular weight is 400 g/mol. The van der Waals surface area contributed by atoms with Crippen LogP contribution in [0, 0.1) is 0 Å². The molecule has 30 heavy (non-hydrogen) atoms. The van der Waals surface area contributed by atoms with E-state index in [2.05, 4.69) is 44.7 Å².